The van der Waals surface area contributed by atoms with E-state index in [1.165, 1.54) is 19.3 Å². The number of carbonyl (C=O) groups is 2. The van der Waals surface area contributed by atoms with Crippen molar-refractivity contribution in [3.63, 3.8) is 0 Å². The lowest BCUT2D eigenvalue weighted by atomic mass is 10.0. The number of fused-ring (bicyclic) bond motifs is 1. The van der Waals surface area contributed by atoms with E-state index < -0.39 is 12.0 Å². The SMILES string of the molecule is O=C(O)C(NC(=O)N1CC2CCCC2C1)c1ccccc1. The normalized spacial score (nSPS) is 25.4. The molecule has 1 aliphatic heterocycles. The molecule has 0 spiro atoms. The molecular weight excluding hydrogens is 268 g/mol. The fraction of sp³-hybridized carbons (Fsp3) is 0.500. The molecule has 3 atom stereocenters. The van der Waals surface area contributed by atoms with Crippen LogP contribution in [0.4, 0.5) is 4.79 Å². The van der Waals surface area contributed by atoms with Gasteiger partial charge in [0.25, 0.3) is 0 Å². The maximum atomic E-state index is 12.3. The highest BCUT2D eigenvalue weighted by Crippen LogP contribution is 2.37. The van der Waals surface area contributed by atoms with Crippen LogP contribution >= 0.6 is 0 Å². The summed E-state index contributed by atoms with van der Waals surface area (Å²) >= 11 is 0. The largest absolute Gasteiger partial charge is 0.479 e. The van der Waals surface area contributed by atoms with Crippen molar-refractivity contribution in [1.82, 2.24) is 10.2 Å². The number of rotatable bonds is 3. The van der Waals surface area contributed by atoms with Crippen LogP contribution in [0.3, 0.4) is 0 Å². The molecule has 2 fully saturated rings. The van der Waals surface area contributed by atoms with Gasteiger partial charge in [0.1, 0.15) is 0 Å². The maximum Gasteiger partial charge on any atom is 0.330 e. The van der Waals surface area contributed by atoms with Gasteiger partial charge < -0.3 is 15.3 Å². The zero-order valence-corrected chi connectivity index (χ0v) is 11.9. The Morgan fingerprint density at radius 1 is 1.14 bits per heavy atom. The first kappa shape index (κ1) is 13.9. The van der Waals surface area contributed by atoms with Gasteiger partial charge in [0.05, 0.1) is 0 Å². The van der Waals surface area contributed by atoms with E-state index in [1.807, 2.05) is 6.07 Å². The predicted molar refractivity (Wildman–Crippen MR) is 77.8 cm³/mol. The number of hydrogen-bond donors (Lipinski definition) is 2. The first-order valence-electron chi connectivity index (χ1n) is 7.48. The molecule has 0 radical (unpaired) electrons. The molecule has 0 aromatic heterocycles. The summed E-state index contributed by atoms with van der Waals surface area (Å²) in [7, 11) is 0. The molecule has 2 amide bonds. The third-order valence-corrected chi connectivity index (χ3v) is 4.66. The molecule has 5 heteroatoms. The number of carboxylic acid groups (broad SMARTS) is 1. The van der Waals surface area contributed by atoms with Crippen LogP contribution in [0.15, 0.2) is 30.3 Å². The fourth-order valence-electron chi connectivity index (χ4n) is 3.55. The van der Waals surface area contributed by atoms with Crippen LogP contribution in [0.2, 0.25) is 0 Å². The van der Waals surface area contributed by atoms with Crippen LogP contribution in [0.25, 0.3) is 0 Å². The van der Waals surface area contributed by atoms with Gasteiger partial charge in [-0.25, -0.2) is 9.59 Å². The second kappa shape index (κ2) is 5.76. The molecule has 0 bridgehead atoms. The fourth-order valence-corrected chi connectivity index (χ4v) is 3.55. The van der Waals surface area contributed by atoms with E-state index in [0.717, 1.165) is 13.1 Å². The lowest BCUT2D eigenvalue weighted by Gasteiger charge is -2.22. The first-order valence-corrected chi connectivity index (χ1v) is 7.48. The van der Waals surface area contributed by atoms with Crippen LogP contribution in [-0.2, 0) is 4.79 Å². The monoisotopic (exact) mass is 288 g/mol. The zero-order valence-electron chi connectivity index (χ0n) is 11.9. The number of nitrogens with zero attached hydrogens (tertiary/aromatic N) is 1. The molecule has 21 heavy (non-hydrogen) atoms. The highest BCUT2D eigenvalue weighted by molar-refractivity contribution is 5.83. The summed E-state index contributed by atoms with van der Waals surface area (Å²) in [6, 6.07) is 7.57. The molecule has 2 N–H and O–H groups in total. The van der Waals surface area contributed by atoms with Crippen LogP contribution in [0.5, 0.6) is 0 Å². The van der Waals surface area contributed by atoms with Crippen molar-refractivity contribution in [1.29, 1.82) is 0 Å². The first-order chi connectivity index (χ1) is 10.1. The van der Waals surface area contributed by atoms with Gasteiger partial charge in [-0.2, -0.15) is 0 Å². The lowest BCUT2D eigenvalue weighted by molar-refractivity contribution is -0.139. The van der Waals surface area contributed by atoms with Crippen molar-refractivity contribution in [2.45, 2.75) is 25.3 Å². The second-order valence-corrected chi connectivity index (χ2v) is 5.99. The Morgan fingerprint density at radius 3 is 2.33 bits per heavy atom. The van der Waals surface area contributed by atoms with Crippen molar-refractivity contribution < 1.29 is 14.7 Å². The van der Waals surface area contributed by atoms with Gasteiger partial charge in [0.2, 0.25) is 0 Å². The number of likely N-dealkylation sites (tertiary alicyclic amines) is 1. The van der Waals surface area contributed by atoms with Gasteiger partial charge in [-0.3, -0.25) is 0 Å². The number of amides is 2. The van der Waals surface area contributed by atoms with Gasteiger partial charge in [-0.15, -0.1) is 0 Å². The summed E-state index contributed by atoms with van der Waals surface area (Å²) in [6.07, 6.45) is 3.64. The average Bonchev–Trinajstić information content (AvgIpc) is 3.06. The lowest BCUT2D eigenvalue weighted by Crippen LogP contribution is -2.43. The van der Waals surface area contributed by atoms with E-state index in [1.54, 1.807) is 29.2 Å². The number of carbonyl (C=O) groups excluding carboxylic acids is 1. The summed E-state index contributed by atoms with van der Waals surface area (Å²) in [4.78, 5) is 25.5. The third kappa shape index (κ3) is 2.86. The Labute approximate surface area is 123 Å². The standard InChI is InChI=1S/C16H20N2O3/c19-15(20)14(11-5-2-1-3-6-11)17-16(21)18-9-12-7-4-8-13(12)10-18/h1-3,5-6,12-14H,4,7-10H2,(H,17,21)(H,19,20). The predicted octanol–water partition coefficient (Wildman–Crippen LogP) is 2.25. The molecule has 1 saturated carbocycles. The van der Waals surface area contributed by atoms with Crippen LogP contribution in [0, 0.1) is 11.8 Å². The minimum atomic E-state index is -1.03. The van der Waals surface area contributed by atoms with Gasteiger partial charge in [-0.05, 0) is 30.2 Å². The van der Waals surface area contributed by atoms with Crippen molar-refractivity contribution in [2.24, 2.45) is 11.8 Å². The molecule has 2 aliphatic rings. The van der Waals surface area contributed by atoms with Crippen molar-refractivity contribution >= 4 is 12.0 Å². The second-order valence-electron chi connectivity index (χ2n) is 5.99. The quantitative estimate of drug-likeness (QED) is 0.896. The summed E-state index contributed by atoms with van der Waals surface area (Å²) in [5.41, 5.74) is 0.595. The van der Waals surface area contributed by atoms with Gasteiger partial charge in [0, 0.05) is 13.1 Å². The minimum Gasteiger partial charge on any atom is -0.479 e. The minimum absolute atomic E-state index is 0.263. The average molecular weight is 288 g/mol. The Bertz CT molecular complexity index is 520. The Hall–Kier alpha value is -2.04. The maximum absolute atomic E-state index is 12.3. The number of hydrogen-bond acceptors (Lipinski definition) is 2. The highest BCUT2D eigenvalue weighted by Gasteiger charge is 2.38. The van der Waals surface area contributed by atoms with E-state index in [0.29, 0.717) is 17.4 Å². The van der Waals surface area contributed by atoms with E-state index in [4.69, 9.17) is 0 Å². The van der Waals surface area contributed by atoms with Gasteiger partial charge in [0.15, 0.2) is 6.04 Å². The van der Waals surface area contributed by atoms with E-state index in [-0.39, 0.29) is 6.03 Å². The molecule has 1 saturated heterocycles. The van der Waals surface area contributed by atoms with Crippen molar-refractivity contribution in [3.05, 3.63) is 35.9 Å². The van der Waals surface area contributed by atoms with Crippen molar-refractivity contribution in [3.8, 4) is 0 Å². The topological polar surface area (TPSA) is 69.6 Å². The molecule has 1 aromatic rings. The summed E-state index contributed by atoms with van der Waals surface area (Å²) in [5, 5.41) is 12.0. The molecule has 3 unspecified atom stereocenters. The number of aliphatic carboxylic acids is 1. The zero-order chi connectivity index (χ0) is 14.8. The molecule has 1 heterocycles. The summed E-state index contributed by atoms with van der Waals surface area (Å²) < 4.78 is 0. The Balaban J connectivity index is 1.66. The van der Waals surface area contributed by atoms with E-state index in [9.17, 15) is 14.7 Å². The van der Waals surface area contributed by atoms with Gasteiger partial charge in [-0.1, -0.05) is 36.8 Å². The van der Waals surface area contributed by atoms with Crippen LogP contribution in [0.1, 0.15) is 30.9 Å². The number of benzene rings is 1. The molecule has 1 aromatic carbocycles. The summed E-state index contributed by atoms with van der Waals surface area (Å²) in [6.45, 7) is 1.52. The third-order valence-electron chi connectivity index (χ3n) is 4.66. The summed E-state index contributed by atoms with van der Waals surface area (Å²) in [5.74, 6) is 0.181. The number of nitrogens with one attached hydrogen (secondary N) is 1. The molecule has 1 aliphatic carbocycles. The number of urea groups is 1. The molecule has 3 rings (SSSR count). The van der Waals surface area contributed by atoms with Crippen molar-refractivity contribution in [2.75, 3.05) is 13.1 Å². The van der Waals surface area contributed by atoms with Crippen LogP contribution < -0.4 is 5.32 Å². The number of carboxylic acids is 1. The van der Waals surface area contributed by atoms with Gasteiger partial charge >= 0.3 is 12.0 Å². The Kier molecular flexibility index (Phi) is 3.82. The van der Waals surface area contributed by atoms with E-state index >= 15 is 0 Å². The molecule has 5 nitrogen and oxygen atoms in total. The highest BCUT2D eigenvalue weighted by atomic mass is 16.4. The molecule has 112 valence electrons. The smallest absolute Gasteiger partial charge is 0.330 e. The van der Waals surface area contributed by atoms with E-state index in [2.05, 4.69) is 5.32 Å². The Morgan fingerprint density at radius 2 is 1.76 bits per heavy atom. The molecular formula is C16H20N2O3. The van der Waals surface area contributed by atoms with Crippen LogP contribution in [-0.4, -0.2) is 35.1 Å².